The van der Waals surface area contributed by atoms with E-state index in [1.807, 2.05) is 0 Å². The van der Waals surface area contributed by atoms with Gasteiger partial charge >= 0.3 is 0 Å². The molecule has 3 heteroatoms. The number of rotatable bonds is 5. The predicted octanol–water partition coefficient (Wildman–Crippen LogP) is 2.10. The maximum Gasteiger partial charge on any atom is 0.0434 e. The Morgan fingerprint density at radius 2 is 2.11 bits per heavy atom. The summed E-state index contributed by atoms with van der Waals surface area (Å²) in [6.45, 7) is 8.87. The van der Waals surface area contributed by atoms with E-state index in [0.29, 0.717) is 18.1 Å². The van der Waals surface area contributed by atoms with Crippen LogP contribution in [0.3, 0.4) is 0 Å². The first-order valence-corrected chi connectivity index (χ1v) is 8.07. The van der Waals surface area contributed by atoms with Crippen molar-refractivity contribution >= 4 is 0 Å². The number of aliphatic hydroxyl groups is 1. The Kier molecular flexibility index (Phi) is 5.27. The van der Waals surface area contributed by atoms with Gasteiger partial charge in [-0.05, 0) is 56.5 Å². The molecular weight excluding hydrogens is 236 g/mol. The van der Waals surface area contributed by atoms with Gasteiger partial charge in [-0.25, -0.2) is 0 Å². The standard InChI is InChI=1S/C16H32N2O/c1-16(2)8-4-5-14(15(16)17-3)12-18-9-6-13(11-18)7-10-19/h13-15,17,19H,4-12H2,1-3H3. The van der Waals surface area contributed by atoms with Gasteiger partial charge in [-0.2, -0.15) is 0 Å². The van der Waals surface area contributed by atoms with Crippen molar-refractivity contribution in [3.05, 3.63) is 0 Å². The van der Waals surface area contributed by atoms with Gasteiger partial charge in [0, 0.05) is 25.7 Å². The SMILES string of the molecule is CNC1C(CN2CCC(CCO)C2)CCCC1(C)C. The molecule has 112 valence electrons. The molecule has 0 aromatic carbocycles. The van der Waals surface area contributed by atoms with E-state index in [2.05, 4.69) is 31.1 Å². The summed E-state index contributed by atoms with van der Waals surface area (Å²) in [5.41, 5.74) is 0.432. The van der Waals surface area contributed by atoms with E-state index < -0.39 is 0 Å². The van der Waals surface area contributed by atoms with Crippen LogP contribution in [0.1, 0.15) is 46.0 Å². The van der Waals surface area contributed by atoms with E-state index >= 15 is 0 Å². The number of nitrogens with one attached hydrogen (secondary N) is 1. The normalized spacial score (nSPS) is 35.7. The lowest BCUT2D eigenvalue weighted by atomic mass is 9.68. The first-order valence-electron chi connectivity index (χ1n) is 8.07. The van der Waals surface area contributed by atoms with Crippen molar-refractivity contribution in [1.82, 2.24) is 10.2 Å². The summed E-state index contributed by atoms with van der Waals surface area (Å²) in [6.07, 6.45) is 6.37. The second kappa shape index (κ2) is 6.55. The molecule has 1 saturated heterocycles. The molecule has 3 unspecified atom stereocenters. The first kappa shape index (κ1) is 15.3. The van der Waals surface area contributed by atoms with E-state index in [4.69, 9.17) is 5.11 Å². The zero-order valence-electron chi connectivity index (χ0n) is 13.0. The molecule has 3 atom stereocenters. The zero-order chi connectivity index (χ0) is 13.9. The van der Waals surface area contributed by atoms with Crippen molar-refractivity contribution in [3.63, 3.8) is 0 Å². The van der Waals surface area contributed by atoms with Crippen LogP contribution in [0.25, 0.3) is 0 Å². The second-order valence-electron chi connectivity index (χ2n) is 7.33. The molecule has 0 bridgehead atoms. The number of nitrogens with zero attached hydrogens (tertiary/aromatic N) is 1. The van der Waals surface area contributed by atoms with Crippen LogP contribution in [-0.2, 0) is 0 Å². The summed E-state index contributed by atoms with van der Waals surface area (Å²) < 4.78 is 0. The van der Waals surface area contributed by atoms with Crippen LogP contribution in [0.2, 0.25) is 0 Å². The van der Waals surface area contributed by atoms with Crippen LogP contribution in [0.15, 0.2) is 0 Å². The molecule has 0 spiro atoms. The maximum atomic E-state index is 9.05. The fourth-order valence-electron chi connectivity index (χ4n) is 4.43. The first-order chi connectivity index (χ1) is 9.06. The molecule has 0 aromatic heterocycles. The van der Waals surface area contributed by atoms with Crippen LogP contribution >= 0.6 is 0 Å². The van der Waals surface area contributed by atoms with Crippen LogP contribution < -0.4 is 5.32 Å². The van der Waals surface area contributed by atoms with Gasteiger partial charge in [0.05, 0.1) is 0 Å². The highest BCUT2D eigenvalue weighted by atomic mass is 16.3. The zero-order valence-corrected chi connectivity index (χ0v) is 13.0. The van der Waals surface area contributed by atoms with Crippen LogP contribution in [-0.4, -0.2) is 49.3 Å². The highest BCUT2D eigenvalue weighted by Gasteiger charge is 2.39. The monoisotopic (exact) mass is 268 g/mol. The van der Waals surface area contributed by atoms with Gasteiger partial charge in [0.1, 0.15) is 0 Å². The minimum atomic E-state index is 0.355. The average Bonchev–Trinajstić information content (AvgIpc) is 2.76. The Morgan fingerprint density at radius 3 is 2.79 bits per heavy atom. The summed E-state index contributed by atoms with van der Waals surface area (Å²) in [6, 6.07) is 0.651. The Morgan fingerprint density at radius 1 is 1.32 bits per heavy atom. The van der Waals surface area contributed by atoms with Gasteiger partial charge in [0.15, 0.2) is 0 Å². The summed E-state index contributed by atoms with van der Waals surface area (Å²) in [5, 5.41) is 12.6. The van der Waals surface area contributed by atoms with Crippen molar-refractivity contribution in [2.45, 2.75) is 52.0 Å². The molecule has 1 heterocycles. The summed E-state index contributed by atoms with van der Waals surface area (Å²) >= 11 is 0. The molecule has 19 heavy (non-hydrogen) atoms. The van der Waals surface area contributed by atoms with Crippen molar-refractivity contribution in [3.8, 4) is 0 Å². The lowest BCUT2D eigenvalue weighted by Gasteiger charge is -2.45. The Bertz CT molecular complexity index is 280. The van der Waals surface area contributed by atoms with Gasteiger partial charge in [-0.1, -0.05) is 20.3 Å². The number of aliphatic hydroxyl groups excluding tert-OH is 1. The molecule has 0 radical (unpaired) electrons. The van der Waals surface area contributed by atoms with E-state index in [1.165, 1.54) is 45.3 Å². The third-order valence-electron chi connectivity index (χ3n) is 5.42. The second-order valence-corrected chi connectivity index (χ2v) is 7.33. The quantitative estimate of drug-likeness (QED) is 0.801. The molecule has 3 nitrogen and oxygen atoms in total. The fourth-order valence-corrected chi connectivity index (χ4v) is 4.43. The highest BCUT2D eigenvalue weighted by Crippen LogP contribution is 2.39. The topological polar surface area (TPSA) is 35.5 Å². The minimum Gasteiger partial charge on any atom is -0.396 e. The van der Waals surface area contributed by atoms with Crippen LogP contribution in [0, 0.1) is 17.3 Å². The maximum absolute atomic E-state index is 9.05. The molecule has 0 amide bonds. The molecule has 1 saturated carbocycles. The van der Waals surface area contributed by atoms with Crippen LogP contribution in [0.5, 0.6) is 0 Å². The van der Waals surface area contributed by atoms with Gasteiger partial charge in [-0.3, -0.25) is 0 Å². The van der Waals surface area contributed by atoms with E-state index in [1.54, 1.807) is 0 Å². The van der Waals surface area contributed by atoms with E-state index in [0.717, 1.165) is 18.3 Å². The molecule has 2 rings (SSSR count). The smallest absolute Gasteiger partial charge is 0.0434 e. The molecule has 2 aliphatic rings. The summed E-state index contributed by atoms with van der Waals surface area (Å²) in [5.74, 6) is 1.52. The molecule has 1 aliphatic heterocycles. The molecule has 2 N–H and O–H groups in total. The largest absolute Gasteiger partial charge is 0.396 e. The summed E-state index contributed by atoms with van der Waals surface area (Å²) in [4.78, 5) is 2.64. The molecule has 1 aliphatic carbocycles. The van der Waals surface area contributed by atoms with Gasteiger partial charge < -0.3 is 15.3 Å². The van der Waals surface area contributed by atoms with Gasteiger partial charge in [-0.15, -0.1) is 0 Å². The number of likely N-dealkylation sites (tertiary alicyclic amines) is 1. The minimum absolute atomic E-state index is 0.355. The lowest BCUT2D eigenvalue weighted by Crippen LogP contribution is -2.51. The van der Waals surface area contributed by atoms with Crippen molar-refractivity contribution in [2.24, 2.45) is 17.3 Å². The van der Waals surface area contributed by atoms with Crippen LogP contribution in [0.4, 0.5) is 0 Å². The average molecular weight is 268 g/mol. The summed E-state index contributed by atoms with van der Waals surface area (Å²) in [7, 11) is 2.13. The highest BCUT2D eigenvalue weighted by molar-refractivity contribution is 4.94. The Balaban J connectivity index is 1.88. The Labute approximate surface area is 118 Å². The van der Waals surface area contributed by atoms with Crippen molar-refractivity contribution in [2.75, 3.05) is 33.3 Å². The number of hydrogen-bond acceptors (Lipinski definition) is 3. The molecular formula is C16H32N2O. The fraction of sp³-hybridized carbons (Fsp3) is 1.00. The third kappa shape index (κ3) is 3.71. The predicted molar refractivity (Wildman–Crippen MR) is 80.2 cm³/mol. The molecule has 2 fully saturated rings. The third-order valence-corrected chi connectivity index (χ3v) is 5.42. The van der Waals surface area contributed by atoms with Crippen molar-refractivity contribution in [1.29, 1.82) is 0 Å². The van der Waals surface area contributed by atoms with Gasteiger partial charge in [0.2, 0.25) is 0 Å². The van der Waals surface area contributed by atoms with E-state index in [9.17, 15) is 0 Å². The van der Waals surface area contributed by atoms with Crippen molar-refractivity contribution < 1.29 is 5.11 Å². The Hall–Kier alpha value is -0.120. The molecule has 0 aromatic rings. The van der Waals surface area contributed by atoms with E-state index in [-0.39, 0.29) is 0 Å². The lowest BCUT2D eigenvalue weighted by molar-refractivity contribution is 0.0887. The van der Waals surface area contributed by atoms with Gasteiger partial charge in [0.25, 0.3) is 0 Å². The number of hydrogen-bond donors (Lipinski definition) is 2.